The number of aromatic nitrogens is 2. The van der Waals surface area contributed by atoms with Gasteiger partial charge in [-0.05, 0) is 17.7 Å². The monoisotopic (exact) mass is 228 g/mol. The summed E-state index contributed by atoms with van der Waals surface area (Å²) in [4.78, 5) is 0. The molecule has 0 aliphatic rings. The minimum Gasteiger partial charge on any atom is -0.424 e. The summed E-state index contributed by atoms with van der Waals surface area (Å²) >= 11 is 0. The van der Waals surface area contributed by atoms with Crippen LogP contribution in [0, 0.1) is 18.3 Å². The lowest BCUT2D eigenvalue weighted by molar-refractivity contribution is 0.446. The number of aryl methyl sites for hydroxylation is 1. The maximum atomic E-state index is 8.76. The van der Waals surface area contributed by atoms with Gasteiger partial charge in [-0.3, -0.25) is 0 Å². The topological polar surface area (TPSA) is 74.7 Å². The Kier molecular flexibility index (Phi) is 3.48. The van der Waals surface area contributed by atoms with Gasteiger partial charge in [-0.1, -0.05) is 12.1 Å². The summed E-state index contributed by atoms with van der Waals surface area (Å²) < 4.78 is 5.23. The summed E-state index contributed by atoms with van der Waals surface area (Å²) in [5, 5.41) is 19.6. The molecule has 5 nitrogen and oxygen atoms in total. The van der Waals surface area contributed by atoms with Crippen LogP contribution in [0.4, 0.5) is 0 Å². The predicted octanol–water partition coefficient (Wildman–Crippen LogP) is 1.54. The summed E-state index contributed by atoms with van der Waals surface area (Å²) in [6, 6.07) is 9.58. The van der Waals surface area contributed by atoms with E-state index >= 15 is 0 Å². The third kappa shape index (κ3) is 3.13. The Morgan fingerprint density at radius 1 is 1.35 bits per heavy atom. The molecule has 0 radical (unpaired) electrons. The van der Waals surface area contributed by atoms with E-state index in [1.165, 1.54) is 0 Å². The Balaban J connectivity index is 1.88. The second-order valence-corrected chi connectivity index (χ2v) is 3.63. The van der Waals surface area contributed by atoms with Crippen molar-refractivity contribution in [2.45, 2.75) is 20.0 Å². The molecule has 1 N–H and O–H groups in total. The van der Waals surface area contributed by atoms with Crippen LogP contribution in [-0.2, 0) is 13.1 Å². The van der Waals surface area contributed by atoms with Crippen molar-refractivity contribution >= 4 is 0 Å². The number of benzene rings is 1. The van der Waals surface area contributed by atoms with Crippen molar-refractivity contribution in [3.8, 4) is 6.07 Å². The van der Waals surface area contributed by atoms with E-state index in [0.717, 1.165) is 5.56 Å². The van der Waals surface area contributed by atoms with Crippen LogP contribution in [0.2, 0.25) is 0 Å². The number of nitrogens with zero attached hydrogens (tertiary/aromatic N) is 3. The predicted molar refractivity (Wildman–Crippen MR) is 60.7 cm³/mol. The summed E-state index contributed by atoms with van der Waals surface area (Å²) in [5.74, 6) is 1.13. The zero-order valence-corrected chi connectivity index (χ0v) is 9.47. The van der Waals surface area contributed by atoms with Crippen LogP contribution in [-0.4, -0.2) is 10.2 Å². The van der Waals surface area contributed by atoms with Crippen LogP contribution in [0.25, 0.3) is 0 Å². The summed E-state index contributed by atoms with van der Waals surface area (Å²) in [6.45, 7) is 2.95. The van der Waals surface area contributed by atoms with Gasteiger partial charge in [-0.25, -0.2) is 0 Å². The molecule has 2 rings (SSSR count). The third-order valence-electron chi connectivity index (χ3n) is 2.23. The minimum atomic E-state index is 0.525. The van der Waals surface area contributed by atoms with E-state index in [4.69, 9.17) is 9.68 Å². The fourth-order valence-corrected chi connectivity index (χ4v) is 1.47. The second-order valence-electron chi connectivity index (χ2n) is 3.63. The molecule has 2 aromatic rings. The lowest BCUT2D eigenvalue weighted by Crippen LogP contribution is -2.12. The molecule has 86 valence electrons. The van der Waals surface area contributed by atoms with Crippen LogP contribution in [0.5, 0.6) is 0 Å². The third-order valence-corrected chi connectivity index (χ3v) is 2.23. The van der Waals surface area contributed by atoms with Crippen molar-refractivity contribution < 1.29 is 4.42 Å². The van der Waals surface area contributed by atoms with E-state index in [0.29, 0.717) is 30.4 Å². The van der Waals surface area contributed by atoms with E-state index < -0.39 is 0 Å². The summed E-state index contributed by atoms with van der Waals surface area (Å²) in [6.07, 6.45) is 0. The molecule has 17 heavy (non-hydrogen) atoms. The number of rotatable bonds is 4. The minimum absolute atomic E-state index is 0.525. The highest BCUT2D eigenvalue weighted by molar-refractivity contribution is 5.32. The van der Waals surface area contributed by atoms with Crippen LogP contribution in [0.1, 0.15) is 22.9 Å². The molecular formula is C12H12N4O. The van der Waals surface area contributed by atoms with Gasteiger partial charge in [0.05, 0.1) is 18.2 Å². The molecule has 5 heteroatoms. The fraction of sp³-hybridized carbons (Fsp3) is 0.250. The van der Waals surface area contributed by atoms with E-state index in [1.807, 2.05) is 18.2 Å². The summed E-state index contributed by atoms with van der Waals surface area (Å²) in [7, 11) is 0. The smallest absolute Gasteiger partial charge is 0.230 e. The van der Waals surface area contributed by atoms with Crippen LogP contribution >= 0.6 is 0 Å². The molecular weight excluding hydrogens is 216 g/mol. The Morgan fingerprint density at radius 3 is 2.94 bits per heavy atom. The number of nitrogens with one attached hydrogen (secondary N) is 1. The molecule has 0 atom stereocenters. The average molecular weight is 228 g/mol. The quantitative estimate of drug-likeness (QED) is 0.859. The van der Waals surface area contributed by atoms with Crippen molar-refractivity contribution in [1.29, 1.82) is 5.26 Å². The van der Waals surface area contributed by atoms with Crippen molar-refractivity contribution in [1.82, 2.24) is 15.5 Å². The second kappa shape index (κ2) is 5.23. The fourth-order valence-electron chi connectivity index (χ4n) is 1.47. The molecule has 1 aromatic heterocycles. The number of hydrogen-bond donors (Lipinski definition) is 1. The molecule has 0 unspecified atom stereocenters. The van der Waals surface area contributed by atoms with Crippen LogP contribution in [0.3, 0.4) is 0 Å². The molecule has 0 aliphatic heterocycles. The average Bonchev–Trinajstić information content (AvgIpc) is 2.75. The van der Waals surface area contributed by atoms with Gasteiger partial charge < -0.3 is 9.73 Å². The molecule has 0 spiro atoms. The Hall–Kier alpha value is -2.19. The standard InChI is InChI=1S/C12H12N4O/c1-9-15-16-12(17-9)8-14-7-11-4-2-3-10(5-11)6-13/h2-5,14H,7-8H2,1H3. The lowest BCUT2D eigenvalue weighted by atomic mass is 10.1. The van der Waals surface area contributed by atoms with Gasteiger partial charge in [0.2, 0.25) is 11.8 Å². The van der Waals surface area contributed by atoms with Gasteiger partial charge in [-0.15, -0.1) is 10.2 Å². The maximum Gasteiger partial charge on any atom is 0.230 e. The van der Waals surface area contributed by atoms with Gasteiger partial charge in [-0.2, -0.15) is 5.26 Å². The zero-order valence-electron chi connectivity index (χ0n) is 9.47. The number of hydrogen-bond acceptors (Lipinski definition) is 5. The molecule has 0 bridgehead atoms. The molecule has 1 aromatic carbocycles. The first-order valence-corrected chi connectivity index (χ1v) is 5.26. The van der Waals surface area contributed by atoms with Crippen molar-refractivity contribution in [2.24, 2.45) is 0 Å². The SMILES string of the molecule is Cc1nnc(CNCc2cccc(C#N)c2)o1. The van der Waals surface area contributed by atoms with Gasteiger partial charge in [0.15, 0.2) is 0 Å². The zero-order chi connectivity index (χ0) is 12.1. The molecule has 0 saturated carbocycles. The first-order chi connectivity index (χ1) is 8.28. The van der Waals surface area contributed by atoms with Crippen molar-refractivity contribution in [3.05, 3.63) is 47.2 Å². The molecule has 0 amide bonds. The highest BCUT2D eigenvalue weighted by Crippen LogP contribution is 2.04. The summed E-state index contributed by atoms with van der Waals surface area (Å²) in [5.41, 5.74) is 1.72. The van der Waals surface area contributed by atoms with Crippen LogP contribution < -0.4 is 5.32 Å². The van der Waals surface area contributed by atoms with Gasteiger partial charge >= 0.3 is 0 Å². The van der Waals surface area contributed by atoms with Gasteiger partial charge in [0.25, 0.3) is 0 Å². The van der Waals surface area contributed by atoms with E-state index in [9.17, 15) is 0 Å². The van der Waals surface area contributed by atoms with E-state index in [1.54, 1.807) is 13.0 Å². The molecule has 0 aliphatic carbocycles. The first-order valence-electron chi connectivity index (χ1n) is 5.26. The Bertz CT molecular complexity index is 541. The maximum absolute atomic E-state index is 8.76. The van der Waals surface area contributed by atoms with E-state index in [-0.39, 0.29) is 0 Å². The van der Waals surface area contributed by atoms with Crippen molar-refractivity contribution in [3.63, 3.8) is 0 Å². The lowest BCUT2D eigenvalue weighted by Gasteiger charge is -2.02. The molecule has 0 saturated heterocycles. The molecule has 1 heterocycles. The Morgan fingerprint density at radius 2 is 2.24 bits per heavy atom. The highest BCUT2D eigenvalue weighted by Gasteiger charge is 2.01. The van der Waals surface area contributed by atoms with Gasteiger partial charge in [0.1, 0.15) is 0 Å². The Labute approximate surface area is 99.1 Å². The van der Waals surface area contributed by atoms with E-state index in [2.05, 4.69) is 21.6 Å². The van der Waals surface area contributed by atoms with Gasteiger partial charge in [0, 0.05) is 13.5 Å². The van der Waals surface area contributed by atoms with Crippen LogP contribution in [0.15, 0.2) is 28.7 Å². The molecule has 0 fully saturated rings. The van der Waals surface area contributed by atoms with Crippen molar-refractivity contribution in [2.75, 3.05) is 0 Å². The largest absolute Gasteiger partial charge is 0.424 e. The highest BCUT2D eigenvalue weighted by atomic mass is 16.4. The number of nitriles is 1. The normalized spacial score (nSPS) is 10.1. The first kappa shape index (κ1) is 11.3.